The number of rotatable bonds is 6. The molecule has 0 aliphatic carbocycles. The van der Waals surface area contributed by atoms with Gasteiger partial charge in [-0.2, -0.15) is 0 Å². The second kappa shape index (κ2) is 6.45. The second-order valence-electron chi connectivity index (χ2n) is 4.12. The highest BCUT2D eigenvalue weighted by atomic mass is 32.2. The fraction of sp³-hybridized carbons (Fsp3) is 0.800. The van der Waals surface area contributed by atoms with E-state index >= 15 is 0 Å². The van der Waals surface area contributed by atoms with Crippen LogP contribution in [0.4, 0.5) is 0 Å². The van der Waals surface area contributed by atoms with E-state index in [1.54, 1.807) is 13.2 Å². The van der Waals surface area contributed by atoms with E-state index < -0.39 is 11.4 Å². The van der Waals surface area contributed by atoms with E-state index in [4.69, 9.17) is 4.74 Å². The number of methoxy groups -OCH3 is 1. The third-order valence-electron chi connectivity index (χ3n) is 1.73. The van der Waals surface area contributed by atoms with E-state index in [0.717, 1.165) is 6.42 Å². The summed E-state index contributed by atoms with van der Waals surface area (Å²) in [7, 11) is 1.65. The minimum Gasteiger partial charge on any atom is -0.598 e. The van der Waals surface area contributed by atoms with Gasteiger partial charge in [-0.3, -0.25) is 0 Å². The molecule has 0 amide bonds. The maximum absolute atomic E-state index is 11.7. The highest BCUT2D eigenvalue weighted by Gasteiger charge is 2.28. The zero-order valence-corrected chi connectivity index (χ0v) is 10.3. The lowest BCUT2D eigenvalue weighted by atomic mass is 10.2. The van der Waals surface area contributed by atoms with Crippen molar-refractivity contribution in [1.29, 1.82) is 0 Å². The van der Waals surface area contributed by atoms with Gasteiger partial charge < -0.3 is 9.29 Å². The molecular formula is C10H21NO2S. The van der Waals surface area contributed by atoms with Gasteiger partial charge in [0.2, 0.25) is 0 Å². The summed E-state index contributed by atoms with van der Waals surface area (Å²) in [6.07, 6.45) is 2.56. The standard InChI is InChI=1S/C10H21NO2S/c1-6-9(7-8-13-5)11-14(12)10(2,3)4/h6,9,11H,1,7-8H2,2-5H3/t9-,14+/m0/s1. The van der Waals surface area contributed by atoms with Crippen molar-refractivity contribution in [2.45, 2.75) is 38.0 Å². The summed E-state index contributed by atoms with van der Waals surface area (Å²) in [6.45, 7) is 10.2. The summed E-state index contributed by atoms with van der Waals surface area (Å²) in [6, 6.07) is 0.0509. The SMILES string of the molecule is C=C[C@@H](CCOC)N[S@+]([O-])C(C)(C)C. The Labute approximate surface area is 90.2 Å². The Balaban J connectivity index is 3.98. The van der Waals surface area contributed by atoms with Crippen LogP contribution in [0.15, 0.2) is 12.7 Å². The Kier molecular flexibility index (Phi) is 6.44. The van der Waals surface area contributed by atoms with Crippen molar-refractivity contribution in [3.8, 4) is 0 Å². The first-order chi connectivity index (χ1) is 6.41. The Hall–Kier alpha value is -0.0300. The van der Waals surface area contributed by atoms with Gasteiger partial charge in [0.05, 0.1) is 6.04 Å². The van der Waals surface area contributed by atoms with Crippen molar-refractivity contribution >= 4 is 11.4 Å². The zero-order chi connectivity index (χ0) is 11.2. The molecule has 0 heterocycles. The van der Waals surface area contributed by atoms with Crippen molar-refractivity contribution < 1.29 is 9.29 Å². The third kappa shape index (κ3) is 5.65. The van der Waals surface area contributed by atoms with E-state index in [1.807, 2.05) is 20.8 Å². The van der Waals surface area contributed by atoms with Crippen molar-refractivity contribution in [2.24, 2.45) is 0 Å². The monoisotopic (exact) mass is 219 g/mol. The van der Waals surface area contributed by atoms with Crippen LogP contribution in [-0.2, 0) is 16.1 Å². The van der Waals surface area contributed by atoms with Crippen LogP contribution in [0.25, 0.3) is 0 Å². The molecule has 0 radical (unpaired) electrons. The number of hydrogen-bond acceptors (Lipinski definition) is 3. The smallest absolute Gasteiger partial charge is 0.136 e. The zero-order valence-electron chi connectivity index (χ0n) is 9.50. The van der Waals surface area contributed by atoms with Gasteiger partial charge in [0.1, 0.15) is 4.75 Å². The largest absolute Gasteiger partial charge is 0.598 e. The molecule has 1 N–H and O–H groups in total. The Morgan fingerprint density at radius 1 is 1.57 bits per heavy atom. The lowest BCUT2D eigenvalue weighted by Gasteiger charge is -2.26. The molecule has 14 heavy (non-hydrogen) atoms. The van der Waals surface area contributed by atoms with Gasteiger partial charge >= 0.3 is 0 Å². The Morgan fingerprint density at radius 2 is 2.14 bits per heavy atom. The van der Waals surface area contributed by atoms with E-state index in [-0.39, 0.29) is 10.8 Å². The van der Waals surface area contributed by atoms with Crippen molar-refractivity contribution in [3.63, 3.8) is 0 Å². The van der Waals surface area contributed by atoms with Crippen LogP contribution in [0.2, 0.25) is 0 Å². The maximum atomic E-state index is 11.7. The van der Waals surface area contributed by atoms with Crippen LogP contribution in [0.1, 0.15) is 27.2 Å². The first-order valence-electron chi connectivity index (χ1n) is 4.71. The first kappa shape index (κ1) is 14.0. The summed E-state index contributed by atoms with van der Waals surface area (Å²) in [5.74, 6) is 0. The molecule has 0 aromatic rings. The van der Waals surface area contributed by atoms with E-state index in [2.05, 4.69) is 11.3 Å². The molecule has 0 aromatic carbocycles. The summed E-state index contributed by atoms with van der Waals surface area (Å²) in [5, 5.41) is 0. The molecule has 0 fully saturated rings. The Morgan fingerprint density at radius 3 is 2.50 bits per heavy atom. The minimum atomic E-state index is -1.05. The molecule has 84 valence electrons. The summed E-state index contributed by atoms with van der Waals surface area (Å²) in [4.78, 5) is 0. The molecule has 3 nitrogen and oxygen atoms in total. The quantitative estimate of drug-likeness (QED) is 0.545. The van der Waals surface area contributed by atoms with Crippen LogP contribution in [0.5, 0.6) is 0 Å². The van der Waals surface area contributed by atoms with E-state index in [9.17, 15) is 4.55 Å². The predicted octanol–water partition coefficient (Wildman–Crippen LogP) is 1.63. The van der Waals surface area contributed by atoms with Crippen molar-refractivity contribution in [1.82, 2.24) is 4.72 Å². The lowest BCUT2D eigenvalue weighted by molar-refractivity contribution is 0.190. The number of nitrogens with one attached hydrogen (secondary N) is 1. The lowest BCUT2D eigenvalue weighted by Crippen LogP contribution is -2.44. The third-order valence-corrected chi connectivity index (χ3v) is 3.36. The van der Waals surface area contributed by atoms with Gasteiger partial charge in [-0.15, -0.1) is 11.3 Å². The van der Waals surface area contributed by atoms with E-state index in [0.29, 0.717) is 6.61 Å². The van der Waals surface area contributed by atoms with Crippen molar-refractivity contribution in [2.75, 3.05) is 13.7 Å². The van der Waals surface area contributed by atoms with Gasteiger partial charge in [-0.1, -0.05) is 6.08 Å². The molecule has 0 bridgehead atoms. The fourth-order valence-corrected chi connectivity index (χ4v) is 1.63. The van der Waals surface area contributed by atoms with Gasteiger partial charge in [-0.25, -0.2) is 0 Å². The molecule has 0 unspecified atom stereocenters. The highest BCUT2D eigenvalue weighted by Crippen LogP contribution is 2.14. The topological polar surface area (TPSA) is 44.3 Å². The average molecular weight is 219 g/mol. The molecule has 0 spiro atoms. The van der Waals surface area contributed by atoms with Crippen LogP contribution in [0, 0.1) is 0 Å². The Bertz CT molecular complexity index is 168. The number of ether oxygens (including phenoxy) is 1. The summed E-state index contributed by atoms with van der Waals surface area (Å²) >= 11 is -1.05. The fourth-order valence-electron chi connectivity index (χ4n) is 0.784. The van der Waals surface area contributed by atoms with Gasteiger partial charge in [-0.05, 0) is 27.2 Å². The van der Waals surface area contributed by atoms with Crippen LogP contribution in [0.3, 0.4) is 0 Å². The van der Waals surface area contributed by atoms with E-state index in [1.165, 1.54) is 0 Å². The molecule has 0 saturated heterocycles. The summed E-state index contributed by atoms with van der Waals surface area (Å²) in [5.41, 5.74) is 0. The minimum absolute atomic E-state index is 0.0509. The van der Waals surface area contributed by atoms with Crippen LogP contribution >= 0.6 is 0 Å². The average Bonchev–Trinajstić information content (AvgIpc) is 2.10. The molecule has 0 aliphatic heterocycles. The van der Waals surface area contributed by atoms with Crippen LogP contribution < -0.4 is 4.72 Å². The molecule has 0 saturated carbocycles. The molecule has 2 atom stereocenters. The molecule has 4 heteroatoms. The van der Waals surface area contributed by atoms with Crippen molar-refractivity contribution in [3.05, 3.63) is 12.7 Å². The molecule has 0 aliphatic rings. The highest BCUT2D eigenvalue weighted by molar-refractivity contribution is 7.90. The summed E-state index contributed by atoms with van der Waals surface area (Å²) < 4.78 is 19.4. The molecular weight excluding hydrogens is 198 g/mol. The van der Waals surface area contributed by atoms with Gasteiger partial charge in [0.15, 0.2) is 0 Å². The molecule has 0 rings (SSSR count). The van der Waals surface area contributed by atoms with Gasteiger partial charge in [0, 0.05) is 25.1 Å². The normalized spacial score (nSPS) is 16.4. The number of hydrogen-bond donors (Lipinski definition) is 1. The maximum Gasteiger partial charge on any atom is 0.136 e. The predicted molar refractivity (Wildman–Crippen MR) is 61.5 cm³/mol. The van der Waals surface area contributed by atoms with Gasteiger partial charge in [0.25, 0.3) is 0 Å². The van der Waals surface area contributed by atoms with Crippen LogP contribution in [-0.4, -0.2) is 29.1 Å². The molecule has 0 aromatic heterocycles. The second-order valence-corrected chi connectivity index (χ2v) is 6.12. The first-order valence-corrected chi connectivity index (χ1v) is 5.86.